The third-order valence-corrected chi connectivity index (χ3v) is 11.0. The van der Waals surface area contributed by atoms with Crippen LogP contribution in [0.5, 0.6) is 0 Å². The molecule has 0 unspecified atom stereocenters. The molecular formula is C51H29N5. The second-order valence-electron chi connectivity index (χ2n) is 14.2. The predicted octanol–water partition coefficient (Wildman–Crippen LogP) is 12.7. The van der Waals surface area contributed by atoms with E-state index in [4.69, 9.17) is 15.0 Å². The lowest BCUT2D eigenvalue weighted by Crippen LogP contribution is -1.91. The van der Waals surface area contributed by atoms with Crippen LogP contribution in [0.4, 0.5) is 0 Å². The molecule has 0 N–H and O–H groups in total. The molecule has 11 rings (SSSR count). The Bertz CT molecular complexity index is 3420. The Balaban J connectivity index is 0.948. The first kappa shape index (κ1) is 31.7. The van der Waals surface area contributed by atoms with Crippen LogP contribution < -0.4 is 0 Å². The van der Waals surface area contributed by atoms with Crippen LogP contribution in [-0.4, -0.2) is 19.9 Å². The van der Waals surface area contributed by atoms with Crippen LogP contribution in [0, 0.1) is 11.3 Å². The van der Waals surface area contributed by atoms with E-state index in [-0.39, 0.29) is 0 Å². The van der Waals surface area contributed by atoms with Gasteiger partial charge in [-0.25, -0.2) is 9.97 Å². The first-order chi connectivity index (χ1) is 27.7. The molecule has 11 aromatic rings. The maximum absolute atomic E-state index is 9.44. The van der Waals surface area contributed by atoms with E-state index >= 15 is 0 Å². The average Bonchev–Trinajstić information content (AvgIpc) is 3.27. The highest BCUT2D eigenvalue weighted by Crippen LogP contribution is 2.39. The zero-order chi connectivity index (χ0) is 37.2. The summed E-state index contributed by atoms with van der Waals surface area (Å²) in [6.07, 6.45) is 3.64. The van der Waals surface area contributed by atoms with Crippen LogP contribution in [0.3, 0.4) is 0 Å². The molecule has 4 heterocycles. The molecule has 258 valence electrons. The molecule has 0 amide bonds. The van der Waals surface area contributed by atoms with Gasteiger partial charge in [-0.2, -0.15) is 5.26 Å². The van der Waals surface area contributed by atoms with Gasteiger partial charge < -0.3 is 0 Å². The zero-order valence-electron chi connectivity index (χ0n) is 30.0. The topological polar surface area (TPSA) is 75.3 Å². The molecule has 0 aliphatic carbocycles. The van der Waals surface area contributed by atoms with Gasteiger partial charge in [0.15, 0.2) is 0 Å². The maximum Gasteiger partial charge on any atom is 0.0992 e. The van der Waals surface area contributed by atoms with Crippen molar-refractivity contribution in [3.8, 4) is 50.7 Å². The monoisotopic (exact) mass is 711 g/mol. The number of fused-ring (bicyclic) bond motifs is 8. The molecule has 56 heavy (non-hydrogen) atoms. The van der Waals surface area contributed by atoms with Crippen molar-refractivity contribution >= 4 is 65.3 Å². The second kappa shape index (κ2) is 12.7. The lowest BCUT2D eigenvalue weighted by Gasteiger charge is -2.14. The number of hydrogen-bond donors (Lipinski definition) is 0. The fraction of sp³-hybridized carbons (Fsp3) is 0. The Morgan fingerprint density at radius 1 is 0.375 bits per heavy atom. The second-order valence-corrected chi connectivity index (χ2v) is 14.2. The molecular weight excluding hydrogens is 683 g/mol. The van der Waals surface area contributed by atoms with Gasteiger partial charge in [0.25, 0.3) is 0 Å². The van der Waals surface area contributed by atoms with Crippen molar-refractivity contribution in [1.29, 1.82) is 5.26 Å². The number of rotatable bonds is 4. The van der Waals surface area contributed by atoms with Crippen molar-refractivity contribution in [1.82, 2.24) is 19.9 Å². The summed E-state index contributed by atoms with van der Waals surface area (Å²) in [4.78, 5) is 19.5. The molecule has 0 fully saturated rings. The van der Waals surface area contributed by atoms with Crippen molar-refractivity contribution in [3.05, 3.63) is 182 Å². The van der Waals surface area contributed by atoms with E-state index in [1.165, 1.54) is 21.9 Å². The highest BCUT2D eigenvalue weighted by molar-refractivity contribution is 6.13. The Hall–Kier alpha value is -7.81. The summed E-state index contributed by atoms with van der Waals surface area (Å²) in [7, 11) is 0. The molecule has 0 saturated heterocycles. The molecule has 0 atom stereocenters. The lowest BCUT2D eigenvalue weighted by molar-refractivity contribution is 1.37. The summed E-state index contributed by atoms with van der Waals surface area (Å²) in [5, 5.41) is 17.1. The van der Waals surface area contributed by atoms with Gasteiger partial charge in [0.1, 0.15) is 0 Å². The third kappa shape index (κ3) is 5.16. The minimum Gasteiger partial charge on any atom is -0.254 e. The van der Waals surface area contributed by atoms with Crippen molar-refractivity contribution in [2.75, 3.05) is 0 Å². The van der Waals surface area contributed by atoms with Gasteiger partial charge >= 0.3 is 0 Å². The molecule has 5 nitrogen and oxygen atoms in total. The fourth-order valence-corrected chi connectivity index (χ4v) is 8.17. The van der Waals surface area contributed by atoms with Crippen LogP contribution in [0.1, 0.15) is 5.56 Å². The first-order valence-corrected chi connectivity index (χ1v) is 18.6. The minimum atomic E-state index is 0.595. The normalized spacial score (nSPS) is 11.6. The smallest absolute Gasteiger partial charge is 0.0992 e. The fourth-order valence-electron chi connectivity index (χ4n) is 8.17. The molecule has 0 spiro atoms. The Kier molecular flexibility index (Phi) is 7.16. The van der Waals surface area contributed by atoms with E-state index in [0.717, 1.165) is 88.0 Å². The SMILES string of the molecule is N#Cc1ccc2cc3cc(-c4ccc(-c5ccc(-c6ccc(-c7ccc8ccc9cccnc9c8n7)cc6)c6ccccc56)cc4)c4cccnc4c3nc2c1. The van der Waals surface area contributed by atoms with Gasteiger partial charge in [-0.05, 0) is 86.6 Å². The van der Waals surface area contributed by atoms with E-state index in [9.17, 15) is 5.26 Å². The van der Waals surface area contributed by atoms with Gasteiger partial charge in [-0.1, -0.05) is 121 Å². The summed E-state index contributed by atoms with van der Waals surface area (Å²) in [6.45, 7) is 0. The number of aromatic nitrogens is 4. The Morgan fingerprint density at radius 3 is 1.66 bits per heavy atom. The number of hydrogen-bond acceptors (Lipinski definition) is 5. The minimum absolute atomic E-state index is 0.595. The van der Waals surface area contributed by atoms with Crippen molar-refractivity contribution < 1.29 is 0 Å². The number of benzene rings is 7. The van der Waals surface area contributed by atoms with E-state index in [1.54, 1.807) is 0 Å². The summed E-state index contributed by atoms with van der Waals surface area (Å²) in [6, 6.07) is 59.5. The Labute approximate surface area is 321 Å². The lowest BCUT2D eigenvalue weighted by atomic mass is 9.90. The van der Waals surface area contributed by atoms with Crippen LogP contribution in [0.15, 0.2) is 176 Å². The van der Waals surface area contributed by atoms with Gasteiger partial charge in [-0.15, -0.1) is 0 Å². The number of nitriles is 1. The Morgan fingerprint density at radius 2 is 0.946 bits per heavy atom. The molecule has 0 aliphatic rings. The van der Waals surface area contributed by atoms with Crippen LogP contribution in [0.2, 0.25) is 0 Å². The highest BCUT2D eigenvalue weighted by Gasteiger charge is 2.15. The van der Waals surface area contributed by atoms with Gasteiger partial charge in [0.05, 0.1) is 44.9 Å². The van der Waals surface area contributed by atoms with E-state index in [2.05, 4.69) is 145 Å². The highest BCUT2D eigenvalue weighted by atomic mass is 14.8. The van der Waals surface area contributed by atoms with Gasteiger partial charge in [0, 0.05) is 44.9 Å². The first-order valence-electron chi connectivity index (χ1n) is 18.6. The molecule has 5 heteroatoms. The zero-order valence-corrected chi connectivity index (χ0v) is 30.0. The van der Waals surface area contributed by atoms with E-state index < -0.39 is 0 Å². The van der Waals surface area contributed by atoms with Gasteiger partial charge in [0.2, 0.25) is 0 Å². The van der Waals surface area contributed by atoms with Crippen LogP contribution in [0.25, 0.3) is 110 Å². The van der Waals surface area contributed by atoms with Crippen molar-refractivity contribution in [2.45, 2.75) is 0 Å². The van der Waals surface area contributed by atoms with E-state index in [0.29, 0.717) is 5.56 Å². The van der Waals surface area contributed by atoms with Crippen molar-refractivity contribution in [2.24, 2.45) is 0 Å². The summed E-state index contributed by atoms with van der Waals surface area (Å²) >= 11 is 0. The quantitative estimate of drug-likeness (QED) is 0.134. The summed E-state index contributed by atoms with van der Waals surface area (Å²) in [5.74, 6) is 0. The third-order valence-electron chi connectivity index (χ3n) is 11.0. The van der Waals surface area contributed by atoms with E-state index in [1.807, 2.05) is 42.7 Å². The molecule has 0 radical (unpaired) electrons. The largest absolute Gasteiger partial charge is 0.254 e. The maximum atomic E-state index is 9.44. The van der Waals surface area contributed by atoms with Crippen LogP contribution >= 0.6 is 0 Å². The number of nitrogens with zero attached hydrogens (tertiary/aromatic N) is 5. The molecule has 7 aromatic carbocycles. The predicted molar refractivity (Wildman–Crippen MR) is 229 cm³/mol. The molecule has 0 saturated carbocycles. The number of pyridine rings is 4. The van der Waals surface area contributed by atoms with Gasteiger partial charge in [-0.3, -0.25) is 9.97 Å². The molecule has 0 bridgehead atoms. The average molecular weight is 712 g/mol. The standard InChI is InChI=1S/C51H29N5/c52-30-31-9-10-38-28-39-29-45(44-8-4-26-54-51(44)50(39)56-47(38)27-31)34-13-11-32(12-14-34)40-22-23-41(43-7-2-1-6-42(40)43)33-15-17-35(18-16-33)46-24-21-37-20-19-36-5-3-25-53-48(36)49(37)55-46/h1-29H. The summed E-state index contributed by atoms with van der Waals surface area (Å²) < 4.78 is 0. The molecule has 0 aliphatic heterocycles. The molecule has 4 aromatic heterocycles. The summed E-state index contributed by atoms with van der Waals surface area (Å²) in [5.41, 5.74) is 13.8. The van der Waals surface area contributed by atoms with Crippen LogP contribution in [-0.2, 0) is 0 Å². The van der Waals surface area contributed by atoms with Crippen molar-refractivity contribution in [3.63, 3.8) is 0 Å².